The van der Waals surface area contributed by atoms with Crippen molar-refractivity contribution in [3.05, 3.63) is 77.4 Å². The molecule has 4 nitrogen and oxygen atoms in total. The van der Waals surface area contributed by atoms with Crippen molar-refractivity contribution in [2.75, 3.05) is 5.75 Å². The van der Waals surface area contributed by atoms with Crippen LogP contribution in [0.4, 0.5) is 4.39 Å². The van der Waals surface area contributed by atoms with Crippen LogP contribution in [0.5, 0.6) is 0 Å². The van der Waals surface area contributed by atoms with Crippen LogP contribution in [0.25, 0.3) is 5.69 Å². The number of amides is 1. The Bertz CT molecular complexity index is 923. The monoisotopic (exact) mass is 369 g/mol. The number of aryl methyl sites for hydroxylation is 2. The smallest absolute Gasteiger partial charge is 0.230 e. The number of para-hydroxylation sites is 1. The summed E-state index contributed by atoms with van der Waals surface area (Å²) in [6, 6.07) is 13.0. The van der Waals surface area contributed by atoms with Crippen LogP contribution in [0, 0.1) is 19.7 Å². The average molecular weight is 369 g/mol. The number of carbonyl (C=O) groups excluding carboxylic acids is 1. The third kappa shape index (κ3) is 4.32. The molecule has 0 unspecified atom stereocenters. The zero-order valence-electron chi connectivity index (χ0n) is 14.7. The van der Waals surface area contributed by atoms with Crippen molar-refractivity contribution in [1.82, 2.24) is 14.9 Å². The maximum Gasteiger partial charge on any atom is 0.230 e. The number of carbonyl (C=O) groups is 1. The average Bonchev–Trinajstić information content (AvgIpc) is 3.09. The van der Waals surface area contributed by atoms with Crippen molar-refractivity contribution in [3.63, 3.8) is 0 Å². The van der Waals surface area contributed by atoms with E-state index in [1.165, 1.54) is 17.8 Å². The molecule has 26 heavy (non-hydrogen) atoms. The highest BCUT2D eigenvalue weighted by atomic mass is 32.2. The van der Waals surface area contributed by atoms with Gasteiger partial charge in [-0.15, -0.1) is 0 Å². The Morgan fingerprint density at radius 3 is 2.77 bits per heavy atom. The second-order valence-corrected chi connectivity index (χ2v) is 6.96. The number of nitrogens with one attached hydrogen (secondary N) is 1. The molecular weight excluding hydrogens is 349 g/mol. The fraction of sp³-hybridized carbons (Fsp3) is 0.200. The van der Waals surface area contributed by atoms with Gasteiger partial charge >= 0.3 is 0 Å². The maximum absolute atomic E-state index is 13.5. The molecule has 1 N–H and O–H groups in total. The van der Waals surface area contributed by atoms with Crippen LogP contribution >= 0.6 is 11.8 Å². The number of halogens is 1. The minimum absolute atomic E-state index is 0.115. The summed E-state index contributed by atoms with van der Waals surface area (Å²) in [5.74, 6) is -0.126. The number of hydrogen-bond acceptors (Lipinski definition) is 3. The lowest BCUT2D eigenvalue weighted by Crippen LogP contribution is -2.24. The molecule has 1 heterocycles. The molecule has 0 bridgehead atoms. The Morgan fingerprint density at radius 2 is 2.00 bits per heavy atom. The number of rotatable bonds is 6. The predicted molar refractivity (Wildman–Crippen MR) is 102 cm³/mol. The molecule has 0 radical (unpaired) electrons. The second-order valence-electron chi connectivity index (χ2n) is 6.02. The van der Waals surface area contributed by atoms with Gasteiger partial charge in [0.25, 0.3) is 0 Å². The van der Waals surface area contributed by atoms with E-state index in [9.17, 15) is 9.18 Å². The van der Waals surface area contributed by atoms with Crippen molar-refractivity contribution in [3.8, 4) is 5.69 Å². The zero-order chi connectivity index (χ0) is 18.5. The van der Waals surface area contributed by atoms with Gasteiger partial charge in [0.05, 0.1) is 11.4 Å². The molecule has 2 aromatic carbocycles. The summed E-state index contributed by atoms with van der Waals surface area (Å²) in [7, 11) is 0. The molecular formula is C20H20FN3OS. The lowest BCUT2D eigenvalue weighted by atomic mass is 10.1. The number of thioether (sulfide) groups is 1. The molecule has 6 heteroatoms. The van der Waals surface area contributed by atoms with Gasteiger partial charge in [0.2, 0.25) is 5.91 Å². The van der Waals surface area contributed by atoms with Crippen LogP contribution in [0.3, 0.4) is 0 Å². The van der Waals surface area contributed by atoms with E-state index in [1.54, 1.807) is 19.2 Å². The van der Waals surface area contributed by atoms with Gasteiger partial charge in [0, 0.05) is 18.9 Å². The summed E-state index contributed by atoms with van der Waals surface area (Å²) >= 11 is 1.37. The van der Waals surface area contributed by atoms with Gasteiger partial charge < -0.3 is 5.32 Å². The fourth-order valence-corrected chi connectivity index (χ4v) is 3.34. The van der Waals surface area contributed by atoms with Gasteiger partial charge in [-0.25, -0.2) is 9.37 Å². The van der Waals surface area contributed by atoms with Gasteiger partial charge in [-0.2, -0.15) is 0 Å². The molecule has 0 atom stereocenters. The Morgan fingerprint density at radius 1 is 1.19 bits per heavy atom. The van der Waals surface area contributed by atoms with E-state index in [0.29, 0.717) is 12.1 Å². The highest BCUT2D eigenvalue weighted by Crippen LogP contribution is 2.22. The standard InChI is InChI=1S/C20H20FN3OS/c1-14-7-8-16(11-17(14)21)12-23-19(25)13-26-20-22-9-10-24(20)18-6-4-3-5-15(18)2/h3-11H,12-13H2,1-2H3,(H,23,25). The van der Waals surface area contributed by atoms with Crippen LogP contribution in [0.1, 0.15) is 16.7 Å². The summed E-state index contributed by atoms with van der Waals surface area (Å²) in [5.41, 5.74) is 3.52. The molecule has 0 aliphatic rings. The molecule has 3 rings (SSSR count). The topological polar surface area (TPSA) is 46.9 Å². The van der Waals surface area contributed by atoms with Gasteiger partial charge in [0.15, 0.2) is 5.16 Å². The van der Waals surface area contributed by atoms with Gasteiger partial charge in [-0.05, 0) is 42.7 Å². The van der Waals surface area contributed by atoms with Crippen molar-refractivity contribution >= 4 is 17.7 Å². The first-order valence-corrected chi connectivity index (χ1v) is 9.27. The molecule has 1 aromatic heterocycles. The van der Waals surface area contributed by atoms with Crippen LogP contribution in [-0.4, -0.2) is 21.2 Å². The fourth-order valence-electron chi connectivity index (χ4n) is 2.54. The summed E-state index contributed by atoms with van der Waals surface area (Å²) in [6.45, 7) is 4.06. The quantitative estimate of drug-likeness (QED) is 0.667. The molecule has 3 aromatic rings. The van der Waals surface area contributed by atoms with Crippen molar-refractivity contribution in [1.29, 1.82) is 0 Å². The second kappa shape index (κ2) is 8.19. The van der Waals surface area contributed by atoms with Gasteiger partial charge in [-0.3, -0.25) is 9.36 Å². The van der Waals surface area contributed by atoms with E-state index in [4.69, 9.17) is 0 Å². The Balaban J connectivity index is 1.58. The van der Waals surface area contributed by atoms with Crippen LogP contribution in [-0.2, 0) is 11.3 Å². The SMILES string of the molecule is Cc1ccc(CNC(=O)CSc2nccn2-c2ccccc2C)cc1F. The van der Waals surface area contributed by atoms with Gasteiger partial charge in [-0.1, -0.05) is 42.1 Å². The molecule has 1 amide bonds. The van der Waals surface area contributed by atoms with Crippen molar-refractivity contribution < 1.29 is 9.18 Å². The van der Waals surface area contributed by atoms with Gasteiger partial charge in [0.1, 0.15) is 5.82 Å². The molecule has 0 aliphatic heterocycles. The molecule has 0 saturated carbocycles. The Labute approximate surface area is 156 Å². The lowest BCUT2D eigenvalue weighted by Gasteiger charge is -2.10. The minimum Gasteiger partial charge on any atom is -0.351 e. The van der Waals surface area contributed by atoms with Crippen LogP contribution in [0.15, 0.2) is 60.0 Å². The van der Waals surface area contributed by atoms with E-state index in [-0.39, 0.29) is 17.5 Å². The molecule has 0 fully saturated rings. The summed E-state index contributed by atoms with van der Waals surface area (Å²) < 4.78 is 15.5. The number of benzene rings is 2. The van der Waals surface area contributed by atoms with E-state index in [1.807, 2.05) is 48.0 Å². The number of imidazole rings is 1. The first-order chi connectivity index (χ1) is 12.5. The first kappa shape index (κ1) is 18.2. The van der Waals surface area contributed by atoms with E-state index in [0.717, 1.165) is 22.0 Å². The Hall–Kier alpha value is -2.60. The third-order valence-corrected chi connectivity index (χ3v) is 5.01. The van der Waals surface area contributed by atoms with Crippen molar-refractivity contribution in [2.45, 2.75) is 25.5 Å². The highest BCUT2D eigenvalue weighted by Gasteiger charge is 2.10. The van der Waals surface area contributed by atoms with Crippen molar-refractivity contribution in [2.24, 2.45) is 0 Å². The molecule has 0 spiro atoms. The molecule has 0 aliphatic carbocycles. The number of aromatic nitrogens is 2. The van der Waals surface area contributed by atoms with E-state index >= 15 is 0 Å². The minimum atomic E-state index is -0.258. The molecule has 134 valence electrons. The third-order valence-electron chi connectivity index (χ3n) is 4.04. The predicted octanol–water partition coefficient (Wildman–Crippen LogP) is 4.04. The largest absolute Gasteiger partial charge is 0.351 e. The van der Waals surface area contributed by atoms with Crippen LogP contribution in [0.2, 0.25) is 0 Å². The van der Waals surface area contributed by atoms with E-state index in [2.05, 4.69) is 10.3 Å². The summed E-state index contributed by atoms with van der Waals surface area (Å²) in [5, 5.41) is 3.58. The summed E-state index contributed by atoms with van der Waals surface area (Å²) in [4.78, 5) is 16.5. The highest BCUT2D eigenvalue weighted by molar-refractivity contribution is 7.99. The Kier molecular flexibility index (Phi) is 5.73. The number of hydrogen-bond donors (Lipinski definition) is 1. The normalized spacial score (nSPS) is 10.7. The number of nitrogens with zero attached hydrogens (tertiary/aromatic N) is 2. The zero-order valence-corrected chi connectivity index (χ0v) is 15.5. The van der Waals surface area contributed by atoms with E-state index < -0.39 is 0 Å². The summed E-state index contributed by atoms with van der Waals surface area (Å²) in [6.07, 6.45) is 3.61. The maximum atomic E-state index is 13.5. The van der Waals surface area contributed by atoms with Crippen LogP contribution < -0.4 is 5.32 Å². The molecule has 0 saturated heterocycles. The first-order valence-electron chi connectivity index (χ1n) is 8.28. The lowest BCUT2D eigenvalue weighted by molar-refractivity contribution is -0.118.